The molecule has 0 aromatic carbocycles. The lowest BCUT2D eigenvalue weighted by Gasteiger charge is -2.23. The van der Waals surface area contributed by atoms with Gasteiger partial charge < -0.3 is 9.64 Å². The zero-order valence-electron chi connectivity index (χ0n) is 16.8. The minimum absolute atomic E-state index is 0.387. The molecule has 0 saturated carbocycles. The molecule has 0 aliphatic heterocycles. The number of anilines is 1. The number of hydrogen-bond donors (Lipinski definition) is 0. The van der Waals surface area contributed by atoms with Crippen LogP contribution in [0.3, 0.4) is 0 Å². The third-order valence-corrected chi connectivity index (χ3v) is 3.17. The molecule has 0 radical (unpaired) electrons. The Bertz CT molecular complexity index is 699. The van der Waals surface area contributed by atoms with Crippen LogP contribution in [0.1, 0.15) is 39.8 Å². The summed E-state index contributed by atoms with van der Waals surface area (Å²) in [5.74, 6) is 0.839. The molecule has 0 aliphatic rings. The van der Waals surface area contributed by atoms with Crippen LogP contribution in [0.5, 0.6) is 5.88 Å². The normalized spacial score (nSPS) is 9.35. The number of ether oxygens (including phenoxy) is 1. The van der Waals surface area contributed by atoms with Gasteiger partial charge in [-0.3, -0.25) is 0 Å². The second kappa shape index (κ2) is 12.8. The second-order valence-electron chi connectivity index (χ2n) is 4.80. The van der Waals surface area contributed by atoms with Gasteiger partial charge in [-0.1, -0.05) is 39.8 Å². The van der Waals surface area contributed by atoms with Gasteiger partial charge in [0.1, 0.15) is 11.2 Å². The van der Waals surface area contributed by atoms with Crippen molar-refractivity contribution in [2.75, 3.05) is 25.1 Å². The van der Waals surface area contributed by atoms with Crippen LogP contribution >= 0.6 is 0 Å². The Morgan fingerprint density at radius 3 is 2.31 bits per heavy atom. The fourth-order valence-corrected chi connectivity index (χ4v) is 2.26. The monoisotopic (exact) mass is 362 g/mol. The first kappa shape index (κ1) is 23.5. The summed E-state index contributed by atoms with van der Waals surface area (Å²) in [7, 11) is 1.52. The van der Waals surface area contributed by atoms with Gasteiger partial charge >= 0.3 is 6.08 Å². The van der Waals surface area contributed by atoms with Crippen molar-refractivity contribution in [2.45, 2.75) is 41.0 Å². The van der Waals surface area contributed by atoms with E-state index < -0.39 is 6.08 Å². The fourth-order valence-electron chi connectivity index (χ4n) is 2.26. The molecule has 0 N–H and O–H groups in total. The summed E-state index contributed by atoms with van der Waals surface area (Å²) in [6, 6.07) is 1.71. The van der Waals surface area contributed by atoms with E-state index in [1.54, 1.807) is 25.1 Å². The number of aryl methyl sites for hydroxylation is 1. The number of aromatic nitrogens is 3. The number of nitrogens with zero attached hydrogens (tertiary/aromatic N) is 4. The minimum Gasteiger partial charge on any atom is -0.480 e. The van der Waals surface area contributed by atoms with Gasteiger partial charge in [0.15, 0.2) is 0 Å². The maximum absolute atomic E-state index is 13.8. The van der Waals surface area contributed by atoms with Crippen molar-refractivity contribution in [3.63, 3.8) is 0 Å². The Labute approximate surface area is 156 Å². The van der Waals surface area contributed by atoms with Crippen LogP contribution in [-0.2, 0) is 0 Å². The summed E-state index contributed by atoms with van der Waals surface area (Å²) in [4.78, 5) is 14.1. The molecule has 26 heavy (non-hydrogen) atoms. The third kappa shape index (κ3) is 6.10. The molecule has 5 nitrogen and oxygen atoms in total. The van der Waals surface area contributed by atoms with Crippen LogP contribution in [0.2, 0.25) is 0 Å². The van der Waals surface area contributed by atoms with Gasteiger partial charge in [-0.05, 0) is 19.4 Å². The average Bonchev–Trinajstić information content (AvgIpc) is 2.66. The van der Waals surface area contributed by atoms with Crippen molar-refractivity contribution in [3.05, 3.63) is 43.1 Å². The molecule has 2 aromatic rings. The molecular formula is C20H31FN4O. The van der Waals surface area contributed by atoms with Crippen LogP contribution in [0.4, 0.5) is 10.2 Å². The molecule has 2 heterocycles. The lowest BCUT2D eigenvalue weighted by atomic mass is 10.2. The smallest absolute Gasteiger partial charge is 0.311 e. The number of fused-ring (bicyclic) bond motifs is 1. The molecular weight excluding hydrogens is 331 g/mol. The summed E-state index contributed by atoms with van der Waals surface area (Å²) in [5.41, 5.74) is 1.18. The minimum atomic E-state index is -0.775. The summed E-state index contributed by atoms with van der Waals surface area (Å²) >= 11 is 0. The van der Waals surface area contributed by atoms with Crippen molar-refractivity contribution in [3.8, 4) is 5.88 Å². The summed E-state index contributed by atoms with van der Waals surface area (Å²) in [6.07, 6.45) is 3.50. The molecule has 0 aliphatic carbocycles. The SMILES string of the molecule is C=CCCN(CC=C)c1nc(F)nc2cc(C)nc(OC)c12.CC.CC. The van der Waals surface area contributed by atoms with E-state index in [1.165, 1.54) is 7.11 Å². The van der Waals surface area contributed by atoms with E-state index in [-0.39, 0.29) is 0 Å². The van der Waals surface area contributed by atoms with Crippen LogP contribution in [0.15, 0.2) is 31.4 Å². The molecule has 6 heteroatoms. The number of rotatable bonds is 7. The van der Waals surface area contributed by atoms with Gasteiger partial charge in [-0.25, -0.2) is 9.97 Å². The Hall–Kier alpha value is -2.50. The van der Waals surface area contributed by atoms with Gasteiger partial charge in [-0.15, -0.1) is 13.2 Å². The quantitative estimate of drug-likeness (QED) is 0.506. The lowest BCUT2D eigenvalue weighted by molar-refractivity contribution is 0.402. The van der Waals surface area contributed by atoms with Gasteiger partial charge in [0.25, 0.3) is 0 Å². The summed E-state index contributed by atoms with van der Waals surface area (Å²) in [5, 5.41) is 0.598. The average molecular weight is 362 g/mol. The largest absolute Gasteiger partial charge is 0.480 e. The van der Waals surface area contributed by atoms with Crippen LogP contribution in [0, 0.1) is 13.0 Å². The predicted octanol–water partition coefficient (Wildman–Crippen LogP) is 5.10. The Balaban J connectivity index is 0.00000146. The first-order chi connectivity index (χ1) is 12.6. The molecule has 2 rings (SSSR count). The van der Waals surface area contributed by atoms with Crippen molar-refractivity contribution >= 4 is 16.7 Å². The van der Waals surface area contributed by atoms with Crippen molar-refractivity contribution in [1.29, 1.82) is 0 Å². The van der Waals surface area contributed by atoms with E-state index >= 15 is 0 Å². The highest BCUT2D eigenvalue weighted by molar-refractivity contribution is 5.94. The number of pyridine rings is 1. The van der Waals surface area contributed by atoms with Gasteiger partial charge in [0.2, 0.25) is 5.88 Å². The third-order valence-electron chi connectivity index (χ3n) is 3.17. The molecule has 0 amide bonds. The highest BCUT2D eigenvalue weighted by atomic mass is 19.1. The van der Waals surface area contributed by atoms with Crippen LogP contribution in [-0.4, -0.2) is 35.2 Å². The van der Waals surface area contributed by atoms with Crippen LogP contribution in [0.25, 0.3) is 10.9 Å². The fraction of sp³-hybridized carbons (Fsp3) is 0.450. The molecule has 0 atom stereocenters. The standard InChI is InChI=1S/C16H19FN4O.2C2H6/c1-5-7-9-21(8-6-2)14-13-12(19-16(17)20-14)10-11(3)18-15(13)22-4;2*1-2/h5-6,10H,1-2,7-9H2,3-4H3;2*1-2H3. The molecule has 0 fully saturated rings. The van der Waals surface area contributed by atoms with Crippen LogP contribution < -0.4 is 9.64 Å². The highest BCUT2D eigenvalue weighted by Gasteiger charge is 2.18. The van der Waals surface area contributed by atoms with E-state index in [0.717, 1.165) is 6.42 Å². The van der Waals surface area contributed by atoms with E-state index in [4.69, 9.17) is 4.74 Å². The Morgan fingerprint density at radius 2 is 1.77 bits per heavy atom. The van der Waals surface area contributed by atoms with E-state index in [1.807, 2.05) is 32.6 Å². The molecule has 0 saturated heterocycles. The molecule has 144 valence electrons. The van der Waals surface area contributed by atoms with Gasteiger partial charge in [0.05, 0.1) is 12.6 Å². The van der Waals surface area contributed by atoms with E-state index in [2.05, 4.69) is 28.1 Å². The van der Waals surface area contributed by atoms with Gasteiger partial charge in [0, 0.05) is 18.8 Å². The topological polar surface area (TPSA) is 51.1 Å². The van der Waals surface area contributed by atoms with Gasteiger partial charge in [-0.2, -0.15) is 9.37 Å². The number of halogens is 1. The maximum Gasteiger partial charge on any atom is 0.311 e. The Kier molecular flexibility index (Phi) is 11.6. The zero-order chi connectivity index (χ0) is 20.1. The van der Waals surface area contributed by atoms with Crippen molar-refractivity contribution in [1.82, 2.24) is 15.0 Å². The second-order valence-corrected chi connectivity index (χ2v) is 4.80. The van der Waals surface area contributed by atoms with E-state index in [0.29, 0.717) is 41.4 Å². The summed E-state index contributed by atoms with van der Waals surface area (Å²) < 4.78 is 19.2. The molecule has 2 aromatic heterocycles. The first-order valence-electron chi connectivity index (χ1n) is 8.96. The predicted molar refractivity (Wildman–Crippen MR) is 109 cm³/mol. The zero-order valence-corrected chi connectivity index (χ0v) is 16.8. The lowest BCUT2D eigenvalue weighted by Crippen LogP contribution is -2.26. The van der Waals surface area contributed by atoms with Crippen molar-refractivity contribution < 1.29 is 9.13 Å². The molecule has 0 unspecified atom stereocenters. The van der Waals surface area contributed by atoms with E-state index in [9.17, 15) is 4.39 Å². The van der Waals surface area contributed by atoms with Crippen molar-refractivity contribution in [2.24, 2.45) is 0 Å². The highest BCUT2D eigenvalue weighted by Crippen LogP contribution is 2.31. The first-order valence-corrected chi connectivity index (χ1v) is 8.96. The molecule has 0 spiro atoms. The molecule has 0 bridgehead atoms. The number of hydrogen-bond acceptors (Lipinski definition) is 5. The Morgan fingerprint density at radius 1 is 1.12 bits per heavy atom. The number of methoxy groups -OCH3 is 1. The maximum atomic E-state index is 13.8. The summed E-state index contributed by atoms with van der Waals surface area (Å²) in [6.45, 7) is 18.4.